The van der Waals surface area contributed by atoms with Gasteiger partial charge in [-0.3, -0.25) is 0 Å². The molecule has 0 saturated carbocycles. The average molecular weight is 1390 g/mol. The van der Waals surface area contributed by atoms with Crippen molar-refractivity contribution in [3.63, 3.8) is 0 Å². The quantitative estimate of drug-likeness (QED) is 0.0494. The van der Waals surface area contributed by atoms with E-state index in [-0.39, 0.29) is 0 Å². The summed E-state index contributed by atoms with van der Waals surface area (Å²) in [5, 5.41) is 0. The van der Waals surface area contributed by atoms with Crippen LogP contribution in [0.4, 0.5) is 0 Å². The van der Waals surface area contributed by atoms with E-state index in [1.807, 2.05) is 231 Å². The highest BCUT2D eigenvalue weighted by Gasteiger charge is 2.51. The summed E-state index contributed by atoms with van der Waals surface area (Å²) in [6, 6.07) is 106. The fourth-order valence-corrected chi connectivity index (χ4v) is 27.5. The van der Waals surface area contributed by atoms with Gasteiger partial charge in [-0.05, 0) is 157 Å². The summed E-state index contributed by atoms with van der Waals surface area (Å²) in [6.07, 6.45) is 0. The first-order valence-corrected chi connectivity index (χ1v) is 39.2. The van der Waals surface area contributed by atoms with E-state index in [9.17, 15) is 0 Å². The molecule has 0 aliphatic carbocycles. The molecule has 12 aromatic carbocycles. The van der Waals surface area contributed by atoms with E-state index >= 15 is 0 Å². The molecule has 0 spiro atoms. The molecule has 2 unspecified atom stereocenters. The van der Waals surface area contributed by atoms with Crippen LogP contribution in [0, 0.1) is 0 Å². The Kier molecular flexibility index (Phi) is 18.8. The highest BCUT2D eigenvalue weighted by Crippen LogP contribution is 2.80. The predicted molar refractivity (Wildman–Crippen MR) is 380 cm³/mol. The number of nitrogens with zero attached hydrogens (tertiary/aromatic N) is 6. The van der Waals surface area contributed by atoms with Crippen molar-refractivity contribution in [1.29, 1.82) is 0 Å². The molecule has 2 heterocycles. The number of hydrogen-bond donors (Lipinski definition) is 0. The zero-order valence-corrected chi connectivity index (χ0v) is 56.1. The minimum absolute atomic E-state index is 0.327. The van der Waals surface area contributed by atoms with Crippen LogP contribution in [0.1, 0.15) is 0 Å². The molecule has 0 fully saturated rings. The van der Waals surface area contributed by atoms with E-state index in [1.54, 1.807) is 121 Å². The average Bonchev–Trinajstić information content (AvgIpc) is 0.739. The van der Waals surface area contributed by atoms with Crippen LogP contribution in [0.2, 0.25) is 0 Å². The molecule has 0 radical (unpaired) electrons. The second-order valence-corrected chi connectivity index (χ2v) is 33.1. The highest BCUT2D eigenvalue weighted by atomic mass is 31.3. The second-order valence-electron chi connectivity index (χ2n) is 20.8. The molecule has 96 heavy (non-hydrogen) atoms. The molecule has 2 aliphatic heterocycles. The van der Waals surface area contributed by atoms with Crippen molar-refractivity contribution in [2.45, 2.75) is 0 Å². The van der Waals surface area contributed by atoms with E-state index in [2.05, 4.69) is 0 Å². The summed E-state index contributed by atoms with van der Waals surface area (Å²) in [5.74, 6) is 4.63. The zero-order chi connectivity index (χ0) is 64.8. The SMILES string of the molecule is c1ccc(OP2(Oc3ccccc3)=NP(Oc3ccccc3)(Oc3ccccc3)=NP(Oc3ccccc3)(Oc3ccc(-c4ccc(OP5(Oc6ccccc6)=NP(Oc6ccccc6)(Oc6ccccc6)=NP(Oc6ccccc6)(Oc6ccccc6)=N5)cc4)cc3)=N2)cc1. The number of benzene rings is 12. The van der Waals surface area contributed by atoms with E-state index in [0.29, 0.717) is 69.0 Å². The molecular formula is C72H58N6O12P6. The first-order chi connectivity index (χ1) is 47.1. The lowest BCUT2D eigenvalue weighted by atomic mass is 10.1. The smallest absolute Gasteiger partial charge is 0.413 e. The second kappa shape index (κ2) is 28.7. The first kappa shape index (κ1) is 63.0. The Bertz CT molecular complexity index is 4270. The van der Waals surface area contributed by atoms with Gasteiger partial charge < -0.3 is 54.3 Å². The van der Waals surface area contributed by atoms with Gasteiger partial charge in [0.05, 0.1) is 0 Å². The molecule has 2 atom stereocenters. The molecule has 0 bridgehead atoms. The van der Waals surface area contributed by atoms with Gasteiger partial charge in [0.1, 0.15) is 69.0 Å². The first-order valence-electron chi connectivity index (χ1n) is 30.0. The van der Waals surface area contributed by atoms with Crippen molar-refractivity contribution in [1.82, 2.24) is 0 Å². The molecule has 2 aliphatic rings. The summed E-state index contributed by atoms with van der Waals surface area (Å²) >= 11 is 0. The van der Waals surface area contributed by atoms with E-state index in [0.717, 1.165) is 11.1 Å². The maximum absolute atomic E-state index is 7.18. The Morgan fingerprint density at radius 2 is 0.229 bits per heavy atom. The van der Waals surface area contributed by atoms with Crippen LogP contribution in [0.25, 0.3) is 11.1 Å². The molecule has 0 amide bonds. The fourth-order valence-electron chi connectivity index (χ4n) is 9.39. The molecule has 478 valence electrons. The minimum Gasteiger partial charge on any atom is -0.413 e. The van der Waals surface area contributed by atoms with Crippen molar-refractivity contribution >= 4 is 46.0 Å². The largest absolute Gasteiger partial charge is 0.460 e. The molecular weight excluding hydrogens is 1330 g/mol. The van der Waals surface area contributed by atoms with Crippen LogP contribution in [-0.2, 0) is 0 Å². The van der Waals surface area contributed by atoms with Gasteiger partial charge in [0.15, 0.2) is 0 Å². The Morgan fingerprint density at radius 3 is 0.344 bits per heavy atom. The van der Waals surface area contributed by atoms with Gasteiger partial charge in [0, 0.05) is 0 Å². The van der Waals surface area contributed by atoms with Crippen molar-refractivity contribution in [3.8, 4) is 80.1 Å². The van der Waals surface area contributed by atoms with Crippen LogP contribution in [0.15, 0.2) is 379 Å². The third-order valence-electron chi connectivity index (χ3n) is 13.5. The predicted octanol–water partition coefficient (Wildman–Crippen LogP) is 24.6. The van der Waals surface area contributed by atoms with Gasteiger partial charge in [-0.1, -0.05) is 233 Å². The van der Waals surface area contributed by atoms with E-state index in [1.165, 1.54) is 0 Å². The van der Waals surface area contributed by atoms with Crippen LogP contribution >= 0.6 is 46.0 Å². The van der Waals surface area contributed by atoms with Crippen LogP contribution < -0.4 is 54.3 Å². The normalized spacial score (nSPS) is 17.5. The molecule has 0 aromatic heterocycles. The van der Waals surface area contributed by atoms with Crippen molar-refractivity contribution in [2.24, 2.45) is 27.1 Å². The molecule has 0 saturated heterocycles. The van der Waals surface area contributed by atoms with Crippen molar-refractivity contribution < 1.29 is 54.3 Å². The van der Waals surface area contributed by atoms with Crippen LogP contribution in [-0.4, -0.2) is 0 Å². The summed E-state index contributed by atoms with van der Waals surface area (Å²) in [6.45, 7) is 0. The molecule has 12 aromatic rings. The summed E-state index contributed by atoms with van der Waals surface area (Å²) < 4.78 is 116. The Morgan fingerprint density at radius 1 is 0.125 bits per heavy atom. The Balaban J connectivity index is 0.885. The number of rotatable bonds is 25. The maximum atomic E-state index is 7.18. The summed E-state index contributed by atoms with van der Waals surface area (Å²) in [4.78, 5) is 0. The number of hydrogen-bond acceptors (Lipinski definition) is 18. The van der Waals surface area contributed by atoms with Crippen LogP contribution in [0.3, 0.4) is 0 Å². The zero-order valence-electron chi connectivity index (χ0n) is 50.8. The van der Waals surface area contributed by atoms with Gasteiger partial charge in [-0.2, -0.15) is 0 Å². The summed E-state index contributed by atoms with van der Waals surface area (Å²) in [5.41, 5.74) is 1.60. The maximum Gasteiger partial charge on any atom is 0.460 e. The lowest BCUT2D eigenvalue weighted by molar-refractivity contribution is 0.440. The number of para-hydroxylation sites is 10. The van der Waals surface area contributed by atoms with Crippen molar-refractivity contribution in [2.75, 3.05) is 0 Å². The molecule has 24 heteroatoms. The third kappa shape index (κ3) is 15.9. The Hall–Kier alpha value is -10.4. The fraction of sp³-hybridized carbons (Fsp3) is 0. The van der Waals surface area contributed by atoms with Crippen LogP contribution in [0.5, 0.6) is 69.0 Å². The highest BCUT2D eigenvalue weighted by molar-refractivity contribution is 7.79. The minimum atomic E-state index is -4.19. The van der Waals surface area contributed by atoms with Crippen molar-refractivity contribution in [3.05, 3.63) is 352 Å². The standard InChI is InChI=1S/C72H58N6O12P6/c1-11-31-61(32-12-1)79-91(80-62-33-13-2-14-34-62)73-92(81-63-35-15-3-16-36-63,82-64-37-17-4-18-38-64)76-95(75-91,87-69-47-27-9-28-48-69)89-71-55-51-59(52-56-71)60-53-57-72(58-54-60)90-96(88-70-49-29-10-30-50-70)77-93(83-65-39-19-5-20-40-65,84-66-41-21-6-22-42-66)74-94(78-96,85-67-43-23-7-24-44-67)86-68-45-25-8-26-46-68/h1-58H. The Labute approximate surface area is 556 Å². The van der Waals surface area contributed by atoms with Gasteiger partial charge in [0.25, 0.3) is 0 Å². The van der Waals surface area contributed by atoms with Gasteiger partial charge >= 0.3 is 46.0 Å². The third-order valence-corrected chi connectivity index (χ3v) is 29.8. The summed E-state index contributed by atoms with van der Waals surface area (Å²) in [7, 11) is -24.8. The van der Waals surface area contributed by atoms with Gasteiger partial charge in [-0.25, -0.2) is 0 Å². The van der Waals surface area contributed by atoms with E-state index in [4.69, 9.17) is 81.4 Å². The molecule has 14 rings (SSSR count). The topological polar surface area (TPSA) is 185 Å². The lowest BCUT2D eigenvalue weighted by Gasteiger charge is -2.33. The lowest BCUT2D eigenvalue weighted by Crippen LogP contribution is -2.11. The van der Waals surface area contributed by atoms with Gasteiger partial charge in [0.2, 0.25) is 0 Å². The van der Waals surface area contributed by atoms with E-state index < -0.39 is 46.0 Å². The van der Waals surface area contributed by atoms with Gasteiger partial charge in [-0.15, -0.1) is 0 Å². The molecule has 18 nitrogen and oxygen atoms in total. The molecule has 0 N–H and O–H groups in total. The monoisotopic (exact) mass is 1380 g/mol.